The number of methoxy groups -OCH3 is 1. The number of benzene rings is 2. The van der Waals surface area contributed by atoms with Crippen molar-refractivity contribution in [2.45, 2.75) is 13.1 Å². The van der Waals surface area contributed by atoms with Gasteiger partial charge in [0.2, 0.25) is 0 Å². The normalized spacial score (nSPS) is 15.9. The van der Waals surface area contributed by atoms with Crippen molar-refractivity contribution in [1.29, 1.82) is 0 Å². The van der Waals surface area contributed by atoms with Gasteiger partial charge in [-0.15, -0.1) is 0 Å². The zero-order chi connectivity index (χ0) is 17.6. The van der Waals surface area contributed by atoms with E-state index in [1.165, 1.54) is 12.7 Å². The maximum Gasteiger partial charge on any atom is 0.339 e. The molecule has 0 atom stereocenters. The molecule has 5 nitrogen and oxygen atoms in total. The second-order valence-corrected chi connectivity index (χ2v) is 6.38. The quantitative estimate of drug-likeness (QED) is 0.876. The predicted molar refractivity (Wildman–Crippen MR) is 96.9 cm³/mol. The Morgan fingerprint density at radius 1 is 0.960 bits per heavy atom. The number of hydrogen-bond donors (Lipinski definition) is 1. The van der Waals surface area contributed by atoms with Gasteiger partial charge in [-0.1, -0.05) is 36.4 Å². The van der Waals surface area contributed by atoms with Crippen LogP contribution in [0.5, 0.6) is 5.75 Å². The van der Waals surface area contributed by atoms with Gasteiger partial charge < -0.3 is 9.84 Å². The molecular weight excluding hydrogens is 316 g/mol. The van der Waals surface area contributed by atoms with Gasteiger partial charge >= 0.3 is 5.97 Å². The molecule has 2 aromatic carbocycles. The highest BCUT2D eigenvalue weighted by Gasteiger charge is 2.18. The van der Waals surface area contributed by atoms with Crippen LogP contribution in [0.25, 0.3) is 0 Å². The van der Waals surface area contributed by atoms with Crippen LogP contribution in [-0.4, -0.2) is 54.2 Å². The van der Waals surface area contributed by atoms with Crippen LogP contribution in [0, 0.1) is 0 Å². The van der Waals surface area contributed by atoms with Crippen LogP contribution in [0.3, 0.4) is 0 Å². The van der Waals surface area contributed by atoms with Gasteiger partial charge in [0.25, 0.3) is 0 Å². The summed E-state index contributed by atoms with van der Waals surface area (Å²) < 4.78 is 5.12. The summed E-state index contributed by atoms with van der Waals surface area (Å²) in [5.74, 6) is -0.546. The SMILES string of the molecule is COc1ccc(CN2CCN(Cc3ccccc3)CC2)cc1C(=O)O. The molecule has 0 saturated carbocycles. The summed E-state index contributed by atoms with van der Waals surface area (Å²) in [4.78, 5) is 16.2. The molecule has 25 heavy (non-hydrogen) atoms. The second kappa shape index (κ2) is 8.14. The fourth-order valence-corrected chi connectivity index (χ4v) is 3.23. The summed E-state index contributed by atoms with van der Waals surface area (Å²) in [5, 5.41) is 9.30. The predicted octanol–water partition coefficient (Wildman–Crippen LogP) is 2.71. The average Bonchev–Trinajstić information content (AvgIpc) is 2.64. The van der Waals surface area contributed by atoms with Gasteiger partial charge in [-0.2, -0.15) is 0 Å². The first-order chi connectivity index (χ1) is 12.2. The molecule has 0 amide bonds. The standard InChI is InChI=1S/C20H24N2O3/c1-25-19-8-7-17(13-18(19)20(23)24)15-22-11-9-21(10-12-22)14-16-5-3-2-4-6-16/h2-8,13H,9-12,14-15H2,1H3,(H,23,24). The molecule has 1 aliphatic rings. The maximum atomic E-state index is 11.3. The minimum Gasteiger partial charge on any atom is -0.496 e. The highest BCUT2D eigenvalue weighted by atomic mass is 16.5. The van der Waals surface area contributed by atoms with Gasteiger partial charge in [0.05, 0.1) is 7.11 Å². The highest BCUT2D eigenvalue weighted by molar-refractivity contribution is 5.91. The number of aromatic carboxylic acids is 1. The molecule has 0 bridgehead atoms. The Bertz CT molecular complexity index is 710. The summed E-state index contributed by atoms with van der Waals surface area (Å²) in [7, 11) is 1.49. The molecule has 0 radical (unpaired) electrons. The van der Waals surface area contributed by atoms with E-state index >= 15 is 0 Å². The number of rotatable bonds is 6. The van der Waals surface area contributed by atoms with Crippen molar-refractivity contribution < 1.29 is 14.6 Å². The third kappa shape index (κ3) is 4.59. The molecule has 1 heterocycles. The van der Waals surface area contributed by atoms with Crippen LogP contribution in [0.4, 0.5) is 0 Å². The zero-order valence-corrected chi connectivity index (χ0v) is 14.5. The van der Waals surface area contributed by atoms with E-state index in [0.29, 0.717) is 5.75 Å². The molecule has 3 rings (SSSR count). The van der Waals surface area contributed by atoms with Crippen molar-refractivity contribution in [2.24, 2.45) is 0 Å². The van der Waals surface area contributed by atoms with Crippen LogP contribution in [-0.2, 0) is 13.1 Å². The van der Waals surface area contributed by atoms with E-state index in [1.54, 1.807) is 12.1 Å². The number of carboxylic acids is 1. The lowest BCUT2D eigenvalue weighted by atomic mass is 10.1. The first-order valence-corrected chi connectivity index (χ1v) is 8.54. The summed E-state index contributed by atoms with van der Waals surface area (Å²) in [6.07, 6.45) is 0. The van der Waals surface area contributed by atoms with Crippen LogP contribution in [0.15, 0.2) is 48.5 Å². The second-order valence-electron chi connectivity index (χ2n) is 6.38. The van der Waals surface area contributed by atoms with Gasteiger partial charge in [-0.05, 0) is 23.3 Å². The molecule has 2 aromatic rings. The molecule has 0 aliphatic carbocycles. The number of ether oxygens (including phenoxy) is 1. The summed E-state index contributed by atoms with van der Waals surface area (Å²) in [5.41, 5.74) is 2.58. The number of piperazine rings is 1. The molecule has 0 aromatic heterocycles. The Labute approximate surface area is 148 Å². The van der Waals surface area contributed by atoms with Crippen molar-refractivity contribution in [2.75, 3.05) is 33.3 Å². The lowest BCUT2D eigenvalue weighted by Crippen LogP contribution is -2.45. The van der Waals surface area contributed by atoms with E-state index < -0.39 is 5.97 Å². The molecule has 132 valence electrons. The molecule has 1 N–H and O–H groups in total. The molecule has 0 spiro atoms. The van der Waals surface area contributed by atoms with E-state index in [-0.39, 0.29) is 5.56 Å². The fourth-order valence-electron chi connectivity index (χ4n) is 3.23. The number of nitrogens with zero attached hydrogens (tertiary/aromatic N) is 2. The Hall–Kier alpha value is -2.37. The summed E-state index contributed by atoms with van der Waals surface area (Å²) in [6, 6.07) is 15.9. The highest BCUT2D eigenvalue weighted by Crippen LogP contribution is 2.21. The Balaban J connectivity index is 1.55. The van der Waals surface area contributed by atoms with E-state index in [9.17, 15) is 9.90 Å². The minimum atomic E-state index is -0.952. The van der Waals surface area contributed by atoms with Crippen LogP contribution in [0.1, 0.15) is 21.5 Å². The Morgan fingerprint density at radius 3 is 2.12 bits per heavy atom. The average molecular weight is 340 g/mol. The Kier molecular flexibility index (Phi) is 5.68. The van der Waals surface area contributed by atoms with Crippen molar-refractivity contribution in [3.8, 4) is 5.75 Å². The van der Waals surface area contributed by atoms with Crippen molar-refractivity contribution >= 4 is 5.97 Å². The smallest absolute Gasteiger partial charge is 0.339 e. The lowest BCUT2D eigenvalue weighted by molar-refractivity contribution is 0.0693. The molecule has 1 fully saturated rings. The van der Waals surface area contributed by atoms with Crippen molar-refractivity contribution in [3.63, 3.8) is 0 Å². The van der Waals surface area contributed by atoms with E-state index in [0.717, 1.165) is 44.8 Å². The van der Waals surface area contributed by atoms with Gasteiger partial charge in [0.15, 0.2) is 0 Å². The van der Waals surface area contributed by atoms with Gasteiger partial charge in [-0.3, -0.25) is 9.80 Å². The monoisotopic (exact) mass is 340 g/mol. The maximum absolute atomic E-state index is 11.3. The first kappa shape index (κ1) is 17.5. The third-order valence-electron chi connectivity index (χ3n) is 4.61. The number of hydrogen-bond acceptors (Lipinski definition) is 4. The third-order valence-corrected chi connectivity index (χ3v) is 4.61. The van der Waals surface area contributed by atoms with Crippen LogP contribution < -0.4 is 4.74 Å². The minimum absolute atomic E-state index is 0.225. The number of carboxylic acid groups (broad SMARTS) is 1. The summed E-state index contributed by atoms with van der Waals surface area (Å²) in [6.45, 7) is 5.78. The fraction of sp³-hybridized carbons (Fsp3) is 0.350. The van der Waals surface area contributed by atoms with Crippen molar-refractivity contribution in [3.05, 3.63) is 65.2 Å². The zero-order valence-electron chi connectivity index (χ0n) is 14.5. The molecule has 1 aliphatic heterocycles. The molecular formula is C20H24N2O3. The number of carbonyl (C=O) groups is 1. The molecule has 1 saturated heterocycles. The largest absolute Gasteiger partial charge is 0.496 e. The summed E-state index contributed by atoms with van der Waals surface area (Å²) >= 11 is 0. The van der Waals surface area contributed by atoms with E-state index in [2.05, 4.69) is 34.1 Å². The van der Waals surface area contributed by atoms with Gasteiger partial charge in [0.1, 0.15) is 11.3 Å². The van der Waals surface area contributed by atoms with E-state index in [1.807, 2.05) is 12.1 Å². The van der Waals surface area contributed by atoms with Gasteiger partial charge in [-0.25, -0.2) is 4.79 Å². The van der Waals surface area contributed by atoms with Gasteiger partial charge in [0, 0.05) is 39.3 Å². The lowest BCUT2D eigenvalue weighted by Gasteiger charge is -2.34. The topological polar surface area (TPSA) is 53.0 Å². The Morgan fingerprint density at radius 2 is 1.56 bits per heavy atom. The van der Waals surface area contributed by atoms with Crippen LogP contribution in [0.2, 0.25) is 0 Å². The van der Waals surface area contributed by atoms with Crippen molar-refractivity contribution in [1.82, 2.24) is 9.80 Å². The molecule has 0 unspecified atom stereocenters. The van der Waals surface area contributed by atoms with E-state index in [4.69, 9.17) is 4.74 Å². The van der Waals surface area contributed by atoms with Crippen LogP contribution >= 0.6 is 0 Å². The molecule has 5 heteroatoms. The first-order valence-electron chi connectivity index (χ1n) is 8.54.